The summed E-state index contributed by atoms with van der Waals surface area (Å²) >= 11 is 11.9. The second-order valence-corrected chi connectivity index (χ2v) is 7.96. The fraction of sp³-hybridized carbons (Fsp3) is 0.600. The van der Waals surface area contributed by atoms with Crippen LogP contribution in [0.25, 0.3) is 0 Å². The Kier molecular flexibility index (Phi) is 8.99. The molecule has 3 amide bonds. The number of nitrogens with one attached hydrogen (secondary N) is 1. The molecule has 1 aromatic rings. The molecule has 29 heavy (non-hydrogen) atoms. The fourth-order valence-electron chi connectivity index (χ4n) is 3.42. The van der Waals surface area contributed by atoms with E-state index in [1.807, 2.05) is 18.7 Å². The van der Waals surface area contributed by atoms with E-state index in [1.165, 1.54) is 12.1 Å². The molecule has 6 nitrogen and oxygen atoms in total. The summed E-state index contributed by atoms with van der Waals surface area (Å²) in [7, 11) is 0. The summed E-state index contributed by atoms with van der Waals surface area (Å²) in [5, 5.41) is 3.13. The quantitative estimate of drug-likeness (QED) is 0.676. The molecule has 1 aliphatic rings. The molecular weight excluding hydrogens is 418 g/mol. The van der Waals surface area contributed by atoms with Gasteiger partial charge in [0.05, 0.1) is 17.6 Å². The van der Waals surface area contributed by atoms with Gasteiger partial charge in [-0.25, -0.2) is 9.18 Å². The predicted octanol–water partition coefficient (Wildman–Crippen LogP) is 3.78. The van der Waals surface area contributed by atoms with Gasteiger partial charge in [-0.3, -0.25) is 9.69 Å². The van der Waals surface area contributed by atoms with Gasteiger partial charge in [0.25, 0.3) is 0 Å². The lowest BCUT2D eigenvalue weighted by molar-refractivity contribution is -0.132. The highest BCUT2D eigenvalue weighted by Gasteiger charge is 2.23. The van der Waals surface area contributed by atoms with Crippen LogP contribution in [0.2, 0.25) is 10.0 Å². The lowest BCUT2D eigenvalue weighted by Crippen LogP contribution is -2.44. The maximum atomic E-state index is 13.8. The van der Waals surface area contributed by atoms with Crippen LogP contribution in [-0.4, -0.2) is 72.5 Å². The molecule has 1 N–H and O–H groups in total. The van der Waals surface area contributed by atoms with E-state index < -0.39 is 11.9 Å². The summed E-state index contributed by atoms with van der Waals surface area (Å²) in [6.45, 7) is 9.96. The van der Waals surface area contributed by atoms with Gasteiger partial charge in [-0.15, -0.1) is 0 Å². The highest BCUT2D eigenvalue weighted by molar-refractivity contribution is 6.35. The maximum Gasteiger partial charge on any atom is 0.317 e. The summed E-state index contributed by atoms with van der Waals surface area (Å²) < 4.78 is 13.8. The van der Waals surface area contributed by atoms with Gasteiger partial charge in [-0.1, -0.05) is 23.2 Å². The van der Waals surface area contributed by atoms with Crippen LogP contribution in [0, 0.1) is 5.82 Å². The lowest BCUT2D eigenvalue weighted by atomic mass is 10.1. The molecular formula is C20H29Cl2FN4O2. The number of nitrogens with zero attached hydrogens (tertiary/aromatic N) is 3. The van der Waals surface area contributed by atoms with E-state index in [0.717, 1.165) is 13.0 Å². The minimum atomic E-state index is -0.574. The molecule has 9 heteroatoms. The Morgan fingerprint density at radius 1 is 1.14 bits per heavy atom. The molecule has 0 bridgehead atoms. The van der Waals surface area contributed by atoms with Crippen LogP contribution < -0.4 is 5.32 Å². The highest BCUT2D eigenvalue weighted by Crippen LogP contribution is 2.28. The SMILES string of the molecule is CCN(CC)C(=O)CN1CCCN(C(=O)NC(C)c2cc(F)c(Cl)cc2Cl)CC1. The topological polar surface area (TPSA) is 55.9 Å². The van der Waals surface area contributed by atoms with E-state index >= 15 is 0 Å². The van der Waals surface area contributed by atoms with Crippen LogP contribution in [0.1, 0.15) is 38.8 Å². The first-order valence-corrected chi connectivity index (χ1v) is 10.7. The molecule has 162 valence electrons. The van der Waals surface area contributed by atoms with Crippen molar-refractivity contribution in [2.75, 3.05) is 45.8 Å². The minimum absolute atomic E-state index is 0.0517. The summed E-state index contributed by atoms with van der Waals surface area (Å²) in [5.41, 5.74) is 0.475. The minimum Gasteiger partial charge on any atom is -0.342 e. The number of urea groups is 1. The number of hydrogen-bond acceptors (Lipinski definition) is 3. The molecule has 1 aromatic carbocycles. The van der Waals surface area contributed by atoms with Gasteiger partial charge in [0.1, 0.15) is 5.82 Å². The van der Waals surface area contributed by atoms with Crippen LogP contribution in [0.4, 0.5) is 9.18 Å². The largest absolute Gasteiger partial charge is 0.342 e. The number of likely N-dealkylation sites (N-methyl/N-ethyl adjacent to an activating group) is 1. The standard InChI is InChI=1S/C20H29Cl2FN4O2/c1-4-26(5-2)19(28)13-25-7-6-8-27(10-9-25)20(29)24-14(3)15-11-18(23)17(22)12-16(15)21/h11-12,14H,4-10,13H2,1-3H3,(H,24,29). The Balaban J connectivity index is 1.92. The third-order valence-corrected chi connectivity index (χ3v) is 5.81. The van der Waals surface area contributed by atoms with Gasteiger partial charge in [-0.05, 0) is 44.9 Å². The third-order valence-electron chi connectivity index (χ3n) is 5.20. The number of carbonyl (C=O) groups excluding carboxylic acids is 2. The Hall–Kier alpha value is -1.57. The first kappa shape index (κ1) is 23.7. The summed E-state index contributed by atoms with van der Waals surface area (Å²) in [5.74, 6) is -0.462. The molecule has 0 aliphatic carbocycles. The molecule has 1 heterocycles. The first-order valence-electron chi connectivity index (χ1n) is 9.96. The van der Waals surface area contributed by atoms with Crippen LogP contribution in [-0.2, 0) is 4.79 Å². The van der Waals surface area contributed by atoms with Gasteiger partial charge in [0.2, 0.25) is 5.91 Å². The van der Waals surface area contributed by atoms with Crippen molar-refractivity contribution in [3.8, 4) is 0 Å². The molecule has 0 radical (unpaired) electrons. The Bertz CT molecular complexity index is 731. The monoisotopic (exact) mass is 446 g/mol. The molecule has 0 saturated carbocycles. The van der Waals surface area contributed by atoms with Crippen molar-refractivity contribution in [3.05, 3.63) is 33.6 Å². The van der Waals surface area contributed by atoms with E-state index in [2.05, 4.69) is 10.2 Å². The van der Waals surface area contributed by atoms with E-state index in [9.17, 15) is 14.0 Å². The van der Waals surface area contributed by atoms with Gasteiger partial charge in [0.15, 0.2) is 0 Å². The van der Waals surface area contributed by atoms with Crippen molar-refractivity contribution in [3.63, 3.8) is 0 Å². The van der Waals surface area contributed by atoms with Crippen LogP contribution in [0.3, 0.4) is 0 Å². The van der Waals surface area contributed by atoms with Crippen molar-refractivity contribution < 1.29 is 14.0 Å². The number of carbonyl (C=O) groups is 2. The Morgan fingerprint density at radius 3 is 2.48 bits per heavy atom. The average Bonchev–Trinajstić information content (AvgIpc) is 2.91. The van der Waals surface area contributed by atoms with Crippen molar-refractivity contribution in [1.29, 1.82) is 0 Å². The number of halogens is 3. The van der Waals surface area contributed by atoms with E-state index in [0.29, 0.717) is 49.9 Å². The molecule has 1 unspecified atom stereocenters. The lowest BCUT2D eigenvalue weighted by Gasteiger charge is -2.26. The van der Waals surface area contributed by atoms with Crippen LogP contribution in [0.5, 0.6) is 0 Å². The summed E-state index contributed by atoms with van der Waals surface area (Å²) in [6.07, 6.45) is 0.781. The van der Waals surface area contributed by atoms with Crippen molar-refractivity contribution in [2.24, 2.45) is 0 Å². The smallest absolute Gasteiger partial charge is 0.317 e. The zero-order chi connectivity index (χ0) is 21.6. The number of rotatable bonds is 6. The second kappa shape index (κ2) is 11.0. The average molecular weight is 447 g/mol. The van der Waals surface area contributed by atoms with Crippen LogP contribution in [0.15, 0.2) is 12.1 Å². The van der Waals surface area contributed by atoms with E-state index in [-0.39, 0.29) is 17.0 Å². The zero-order valence-electron chi connectivity index (χ0n) is 17.2. The first-order chi connectivity index (χ1) is 13.8. The summed E-state index contributed by atoms with van der Waals surface area (Å²) in [6, 6.07) is 1.89. The fourth-order valence-corrected chi connectivity index (χ4v) is 3.97. The number of hydrogen-bond donors (Lipinski definition) is 1. The molecule has 1 atom stereocenters. The van der Waals surface area contributed by atoms with Gasteiger partial charge in [0, 0.05) is 44.3 Å². The zero-order valence-corrected chi connectivity index (χ0v) is 18.7. The molecule has 1 fully saturated rings. The molecule has 0 spiro atoms. The second-order valence-electron chi connectivity index (χ2n) is 7.14. The van der Waals surface area contributed by atoms with Gasteiger partial charge in [-0.2, -0.15) is 0 Å². The molecule has 1 aliphatic heterocycles. The number of amides is 3. The molecule has 1 saturated heterocycles. The molecule has 0 aromatic heterocycles. The Morgan fingerprint density at radius 2 is 1.83 bits per heavy atom. The van der Waals surface area contributed by atoms with Crippen molar-refractivity contribution in [1.82, 2.24) is 20.0 Å². The highest BCUT2D eigenvalue weighted by atomic mass is 35.5. The number of benzene rings is 1. The van der Waals surface area contributed by atoms with Crippen LogP contribution >= 0.6 is 23.2 Å². The van der Waals surface area contributed by atoms with E-state index in [1.54, 1.807) is 11.8 Å². The maximum absolute atomic E-state index is 13.8. The summed E-state index contributed by atoms with van der Waals surface area (Å²) in [4.78, 5) is 30.6. The van der Waals surface area contributed by atoms with Crippen molar-refractivity contribution >= 4 is 35.1 Å². The normalized spacial score (nSPS) is 16.3. The molecule has 2 rings (SSSR count). The van der Waals surface area contributed by atoms with Crippen molar-refractivity contribution in [2.45, 2.75) is 33.2 Å². The van der Waals surface area contributed by atoms with Gasteiger partial charge >= 0.3 is 6.03 Å². The Labute approximate surface area is 181 Å². The van der Waals surface area contributed by atoms with E-state index in [4.69, 9.17) is 23.2 Å². The predicted molar refractivity (Wildman–Crippen MR) is 114 cm³/mol. The van der Waals surface area contributed by atoms with Gasteiger partial charge < -0.3 is 15.1 Å². The third kappa shape index (κ3) is 6.46.